The average Bonchev–Trinajstić information content (AvgIpc) is 2.77. The summed E-state index contributed by atoms with van der Waals surface area (Å²) in [7, 11) is 1.50. The molecule has 0 bridgehead atoms. The van der Waals surface area contributed by atoms with Gasteiger partial charge in [-0.1, -0.05) is 12.1 Å². The Bertz CT molecular complexity index is 1010. The molecule has 176 valence electrons. The van der Waals surface area contributed by atoms with Crippen molar-refractivity contribution < 1.29 is 28.6 Å². The summed E-state index contributed by atoms with van der Waals surface area (Å²) in [6.07, 6.45) is -0.559. The van der Waals surface area contributed by atoms with Crippen LogP contribution in [-0.4, -0.2) is 50.4 Å². The smallest absolute Gasteiger partial charge is 0.407 e. The Kier molecular flexibility index (Phi) is 7.55. The molecule has 0 saturated carbocycles. The molecule has 3 rings (SSSR count). The summed E-state index contributed by atoms with van der Waals surface area (Å²) in [4.78, 5) is 38.6. The second-order valence-electron chi connectivity index (χ2n) is 8.45. The van der Waals surface area contributed by atoms with E-state index in [2.05, 4.69) is 10.6 Å². The van der Waals surface area contributed by atoms with Gasteiger partial charge in [0, 0.05) is 24.3 Å². The van der Waals surface area contributed by atoms with Gasteiger partial charge in [0.1, 0.15) is 18.0 Å². The van der Waals surface area contributed by atoms with Crippen LogP contribution in [0, 0.1) is 0 Å². The molecule has 0 spiro atoms. The summed E-state index contributed by atoms with van der Waals surface area (Å²) < 4.78 is 15.8. The van der Waals surface area contributed by atoms with Crippen LogP contribution < -0.4 is 20.3 Å². The van der Waals surface area contributed by atoms with Crippen molar-refractivity contribution in [1.82, 2.24) is 5.32 Å². The molecule has 0 atom stereocenters. The summed E-state index contributed by atoms with van der Waals surface area (Å²) >= 11 is 0. The minimum atomic E-state index is -0.618. The molecule has 1 saturated heterocycles. The van der Waals surface area contributed by atoms with Crippen molar-refractivity contribution in [1.29, 1.82) is 0 Å². The summed E-state index contributed by atoms with van der Waals surface area (Å²) in [5.41, 5.74) is 1.61. The van der Waals surface area contributed by atoms with Crippen LogP contribution in [0.5, 0.6) is 5.75 Å². The van der Waals surface area contributed by atoms with Gasteiger partial charge in [0.15, 0.2) is 0 Å². The summed E-state index contributed by atoms with van der Waals surface area (Å²) in [6, 6.07) is 12.0. The molecule has 0 aromatic heterocycles. The Morgan fingerprint density at radius 1 is 1.12 bits per heavy atom. The number of methoxy groups -OCH3 is 1. The molecule has 9 heteroatoms. The molecule has 1 fully saturated rings. The number of amides is 3. The molecule has 33 heavy (non-hydrogen) atoms. The third-order valence-corrected chi connectivity index (χ3v) is 4.82. The van der Waals surface area contributed by atoms with E-state index in [1.165, 1.54) is 7.11 Å². The van der Waals surface area contributed by atoms with Gasteiger partial charge in [-0.3, -0.25) is 9.59 Å². The standard InChI is InChI=1S/C24H29N3O6/c1-24(2,3)33-23(30)25-14-17-6-5-7-19(31-4)21(17)26-22(29)16-8-10-18(11-9-16)27-12-13-32-15-20(27)28/h5-11H,12-15H2,1-4H3,(H,25,30)(H,26,29). The molecule has 0 unspecified atom stereocenters. The van der Waals surface area contributed by atoms with E-state index in [9.17, 15) is 14.4 Å². The van der Waals surface area contributed by atoms with Crippen LogP contribution in [0.4, 0.5) is 16.2 Å². The van der Waals surface area contributed by atoms with Crippen molar-refractivity contribution in [2.24, 2.45) is 0 Å². The highest BCUT2D eigenvalue weighted by molar-refractivity contribution is 6.06. The number of carbonyl (C=O) groups is 3. The first-order chi connectivity index (χ1) is 15.7. The first-order valence-corrected chi connectivity index (χ1v) is 10.6. The molecule has 2 aromatic carbocycles. The van der Waals surface area contributed by atoms with Crippen molar-refractivity contribution in [3.63, 3.8) is 0 Å². The van der Waals surface area contributed by atoms with Crippen LogP contribution in [-0.2, 0) is 20.8 Å². The maximum atomic E-state index is 12.9. The van der Waals surface area contributed by atoms with E-state index in [0.717, 1.165) is 0 Å². The van der Waals surface area contributed by atoms with Crippen molar-refractivity contribution in [2.75, 3.05) is 37.1 Å². The molecule has 1 aliphatic rings. The number of ether oxygens (including phenoxy) is 3. The van der Waals surface area contributed by atoms with Crippen LogP contribution in [0.25, 0.3) is 0 Å². The second-order valence-corrected chi connectivity index (χ2v) is 8.45. The van der Waals surface area contributed by atoms with Gasteiger partial charge in [-0.15, -0.1) is 0 Å². The predicted octanol–water partition coefficient (Wildman–Crippen LogP) is 3.34. The topological polar surface area (TPSA) is 106 Å². The van der Waals surface area contributed by atoms with Crippen molar-refractivity contribution in [2.45, 2.75) is 32.9 Å². The molecular formula is C24H29N3O6. The summed E-state index contributed by atoms with van der Waals surface area (Å²) in [6.45, 7) is 6.48. The number of hydrogen-bond acceptors (Lipinski definition) is 6. The number of benzene rings is 2. The zero-order chi connectivity index (χ0) is 24.0. The van der Waals surface area contributed by atoms with E-state index < -0.39 is 11.7 Å². The first-order valence-electron chi connectivity index (χ1n) is 10.6. The van der Waals surface area contributed by atoms with Gasteiger partial charge in [-0.05, 0) is 56.7 Å². The molecule has 1 aliphatic heterocycles. The minimum absolute atomic E-state index is 0.0517. The van der Waals surface area contributed by atoms with Gasteiger partial charge in [0.25, 0.3) is 11.8 Å². The van der Waals surface area contributed by atoms with Crippen molar-refractivity contribution in [3.05, 3.63) is 53.6 Å². The summed E-state index contributed by atoms with van der Waals surface area (Å²) in [5.74, 6) is -0.00477. The van der Waals surface area contributed by atoms with E-state index in [4.69, 9.17) is 14.2 Å². The van der Waals surface area contributed by atoms with Gasteiger partial charge < -0.3 is 29.7 Å². The van der Waals surface area contributed by atoms with Crippen LogP contribution in [0.15, 0.2) is 42.5 Å². The van der Waals surface area contributed by atoms with Gasteiger partial charge >= 0.3 is 6.09 Å². The lowest BCUT2D eigenvalue weighted by atomic mass is 10.1. The number of carbonyl (C=O) groups excluding carboxylic acids is 3. The van der Waals surface area contributed by atoms with E-state index >= 15 is 0 Å². The Hall–Kier alpha value is -3.59. The molecule has 0 aliphatic carbocycles. The molecule has 9 nitrogen and oxygen atoms in total. The lowest BCUT2D eigenvalue weighted by Crippen LogP contribution is -2.41. The quantitative estimate of drug-likeness (QED) is 0.692. The lowest BCUT2D eigenvalue weighted by Gasteiger charge is -2.26. The number of para-hydroxylation sites is 1. The molecule has 0 radical (unpaired) electrons. The van der Waals surface area contributed by atoms with Crippen LogP contribution >= 0.6 is 0 Å². The third kappa shape index (κ3) is 6.45. The monoisotopic (exact) mass is 455 g/mol. The van der Waals surface area contributed by atoms with E-state index in [1.807, 2.05) is 0 Å². The van der Waals surface area contributed by atoms with Gasteiger partial charge in [-0.25, -0.2) is 4.79 Å². The number of anilines is 2. The lowest BCUT2D eigenvalue weighted by molar-refractivity contribution is -0.125. The Morgan fingerprint density at radius 2 is 1.85 bits per heavy atom. The van der Waals surface area contributed by atoms with E-state index in [-0.39, 0.29) is 25.0 Å². The fourth-order valence-corrected chi connectivity index (χ4v) is 3.29. The largest absolute Gasteiger partial charge is 0.495 e. The maximum absolute atomic E-state index is 12.9. The molecule has 3 amide bonds. The zero-order valence-corrected chi connectivity index (χ0v) is 19.3. The second kappa shape index (κ2) is 10.4. The number of nitrogens with zero attached hydrogens (tertiary/aromatic N) is 1. The SMILES string of the molecule is COc1cccc(CNC(=O)OC(C)(C)C)c1NC(=O)c1ccc(N2CCOCC2=O)cc1. The Balaban J connectivity index is 1.73. The molecular weight excluding hydrogens is 426 g/mol. The first kappa shape index (κ1) is 24.1. The van der Waals surface area contributed by atoms with Gasteiger partial charge in [0.2, 0.25) is 0 Å². The number of hydrogen-bond donors (Lipinski definition) is 2. The maximum Gasteiger partial charge on any atom is 0.407 e. The Morgan fingerprint density at radius 3 is 2.48 bits per heavy atom. The van der Waals surface area contributed by atoms with Crippen molar-refractivity contribution in [3.8, 4) is 5.75 Å². The molecule has 2 aromatic rings. The van der Waals surface area contributed by atoms with Crippen molar-refractivity contribution >= 4 is 29.3 Å². The summed E-state index contributed by atoms with van der Waals surface area (Å²) in [5, 5.41) is 5.56. The highest BCUT2D eigenvalue weighted by atomic mass is 16.6. The van der Waals surface area contributed by atoms with Crippen LogP contribution in [0.1, 0.15) is 36.7 Å². The number of alkyl carbamates (subject to hydrolysis) is 1. The van der Waals surface area contributed by atoms with Gasteiger partial charge in [0.05, 0.1) is 19.4 Å². The molecule has 1 heterocycles. The highest BCUT2D eigenvalue weighted by Gasteiger charge is 2.21. The van der Waals surface area contributed by atoms with Crippen LogP contribution in [0.3, 0.4) is 0 Å². The number of nitrogens with one attached hydrogen (secondary N) is 2. The Labute approximate surface area is 193 Å². The predicted molar refractivity (Wildman–Crippen MR) is 124 cm³/mol. The third-order valence-electron chi connectivity index (χ3n) is 4.82. The highest BCUT2D eigenvalue weighted by Crippen LogP contribution is 2.29. The fraction of sp³-hybridized carbons (Fsp3) is 0.375. The van der Waals surface area contributed by atoms with Gasteiger partial charge in [-0.2, -0.15) is 0 Å². The number of morpholine rings is 1. The fourth-order valence-electron chi connectivity index (χ4n) is 3.29. The van der Waals surface area contributed by atoms with E-state index in [1.54, 1.807) is 68.1 Å². The normalized spacial score (nSPS) is 13.9. The van der Waals surface area contributed by atoms with Crippen LogP contribution in [0.2, 0.25) is 0 Å². The average molecular weight is 456 g/mol. The zero-order valence-electron chi connectivity index (χ0n) is 19.3. The minimum Gasteiger partial charge on any atom is -0.495 e. The van der Waals surface area contributed by atoms with E-state index in [0.29, 0.717) is 41.4 Å². The molecule has 2 N–H and O–H groups in total. The number of rotatable bonds is 6.